The summed E-state index contributed by atoms with van der Waals surface area (Å²) in [6, 6.07) is 20.6. The summed E-state index contributed by atoms with van der Waals surface area (Å²) in [5, 5.41) is 12.6. The number of hydrogen-bond acceptors (Lipinski definition) is 4. The Bertz CT molecular complexity index is 1200. The Morgan fingerprint density at radius 2 is 1.84 bits per heavy atom. The van der Waals surface area contributed by atoms with Crippen LogP contribution in [0.4, 0.5) is 5.69 Å². The first kappa shape index (κ1) is 22.3. The SMILES string of the molecule is Cc1cccc(Cl)c1NC(=O)/C(C#N)=C/c1cc(Br)ccc1OC(=O)c1ccccc1. The Morgan fingerprint density at radius 3 is 2.52 bits per heavy atom. The van der Waals surface area contributed by atoms with E-state index in [1.807, 2.05) is 6.07 Å². The third-order valence-electron chi connectivity index (χ3n) is 4.31. The van der Waals surface area contributed by atoms with Gasteiger partial charge in [0.05, 0.1) is 16.3 Å². The first-order valence-corrected chi connectivity index (χ1v) is 10.3. The van der Waals surface area contributed by atoms with Crippen molar-refractivity contribution in [2.45, 2.75) is 6.92 Å². The number of nitrogens with zero attached hydrogens (tertiary/aromatic N) is 1. The van der Waals surface area contributed by atoms with Crippen LogP contribution in [0.25, 0.3) is 6.08 Å². The van der Waals surface area contributed by atoms with Gasteiger partial charge in [0.15, 0.2) is 0 Å². The van der Waals surface area contributed by atoms with E-state index in [-0.39, 0.29) is 11.3 Å². The van der Waals surface area contributed by atoms with Crippen LogP contribution in [0.2, 0.25) is 5.02 Å². The number of hydrogen-bond donors (Lipinski definition) is 1. The number of anilines is 1. The molecule has 0 radical (unpaired) electrons. The first-order valence-electron chi connectivity index (χ1n) is 9.14. The molecule has 0 aliphatic rings. The molecule has 0 heterocycles. The fraction of sp³-hybridized carbons (Fsp3) is 0.0417. The van der Waals surface area contributed by atoms with Gasteiger partial charge in [-0.25, -0.2) is 4.79 Å². The molecule has 0 unspecified atom stereocenters. The molecule has 0 bridgehead atoms. The van der Waals surface area contributed by atoms with Crippen LogP contribution in [0.15, 0.2) is 76.8 Å². The maximum atomic E-state index is 12.7. The van der Waals surface area contributed by atoms with Gasteiger partial charge >= 0.3 is 5.97 Å². The van der Waals surface area contributed by atoms with Crippen molar-refractivity contribution in [1.29, 1.82) is 5.26 Å². The molecule has 0 aromatic heterocycles. The van der Waals surface area contributed by atoms with E-state index in [1.54, 1.807) is 73.7 Å². The largest absolute Gasteiger partial charge is 0.422 e. The molecule has 7 heteroatoms. The molecular weight excluding hydrogens is 480 g/mol. The predicted molar refractivity (Wildman–Crippen MR) is 124 cm³/mol. The molecule has 31 heavy (non-hydrogen) atoms. The monoisotopic (exact) mass is 494 g/mol. The predicted octanol–water partition coefficient (Wildman–Crippen LogP) is 6.18. The zero-order valence-electron chi connectivity index (χ0n) is 16.4. The van der Waals surface area contributed by atoms with Crippen molar-refractivity contribution < 1.29 is 14.3 Å². The summed E-state index contributed by atoms with van der Waals surface area (Å²) in [6.07, 6.45) is 1.36. The topological polar surface area (TPSA) is 79.2 Å². The van der Waals surface area contributed by atoms with E-state index in [0.29, 0.717) is 26.3 Å². The Balaban J connectivity index is 1.91. The lowest BCUT2D eigenvalue weighted by Gasteiger charge is -2.11. The minimum absolute atomic E-state index is 0.172. The van der Waals surface area contributed by atoms with Crippen LogP contribution in [0.3, 0.4) is 0 Å². The van der Waals surface area contributed by atoms with Gasteiger partial charge in [-0.05, 0) is 55.0 Å². The van der Waals surface area contributed by atoms with Gasteiger partial charge in [0.25, 0.3) is 5.91 Å². The third kappa shape index (κ3) is 5.60. The lowest BCUT2D eigenvalue weighted by molar-refractivity contribution is -0.112. The van der Waals surface area contributed by atoms with Gasteiger partial charge < -0.3 is 10.1 Å². The van der Waals surface area contributed by atoms with Gasteiger partial charge in [-0.15, -0.1) is 0 Å². The second kappa shape index (κ2) is 10.1. The fourth-order valence-corrected chi connectivity index (χ4v) is 3.38. The van der Waals surface area contributed by atoms with Crippen LogP contribution < -0.4 is 10.1 Å². The van der Waals surface area contributed by atoms with E-state index in [1.165, 1.54) is 6.08 Å². The number of aryl methyl sites for hydroxylation is 1. The number of rotatable bonds is 5. The maximum Gasteiger partial charge on any atom is 0.343 e. The number of carbonyl (C=O) groups is 2. The highest BCUT2D eigenvalue weighted by atomic mass is 79.9. The van der Waals surface area contributed by atoms with Gasteiger partial charge in [0.1, 0.15) is 17.4 Å². The van der Waals surface area contributed by atoms with Crippen LogP contribution in [0, 0.1) is 18.3 Å². The molecule has 0 saturated carbocycles. The molecule has 1 amide bonds. The zero-order chi connectivity index (χ0) is 22.4. The van der Waals surface area contributed by atoms with Gasteiger partial charge in [0, 0.05) is 10.0 Å². The van der Waals surface area contributed by atoms with Crippen molar-refractivity contribution >= 4 is 51.2 Å². The summed E-state index contributed by atoms with van der Waals surface area (Å²) in [4.78, 5) is 25.2. The molecule has 3 rings (SSSR count). The average Bonchev–Trinajstić information content (AvgIpc) is 2.76. The van der Waals surface area contributed by atoms with Crippen LogP contribution in [-0.2, 0) is 4.79 Å². The van der Waals surface area contributed by atoms with E-state index >= 15 is 0 Å². The number of ether oxygens (including phenoxy) is 1. The number of amides is 1. The van der Waals surface area contributed by atoms with Crippen LogP contribution in [0.1, 0.15) is 21.5 Å². The van der Waals surface area contributed by atoms with Gasteiger partial charge in [-0.1, -0.05) is 57.9 Å². The first-order chi connectivity index (χ1) is 14.9. The van der Waals surface area contributed by atoms with Gasteiger partial charge in [0.2, 0.25) is 0 Å². The Morgan fingerprint density at radius 1 is 1.10 bits per heavy atom. The van der Waals surface area contributed by atoms with E-state index in [0.717, 1.165) is 5.56 Å². The van der Waals surface area contributed by atoms with E-state index in [4.69, 9.17) is 16.3 Å². The second-order valence-corrected chi connectivity index (χ2v) is 7.82. The zero-order valence-corrected chi connectivity index (χ0v) is 18.7. The summed E-state index contributed by atoms with van der Waals surface area (Å²) < 4.78 is 6.19. The van der Waals surface area contributed by atoms with Crippen molar-refractivity contribution in [3.8, 4) is 11.8 Å². The molecule has 0 fully saturated rings. The lowest BCUT2D eigenvalue weighted by atomic mass is 10.1. The number of esters is 1. The van der Waals surface area contributed by atoms with Crippen molar-refractivity contribution in [3.63, 3.8) is 0 Å². The van der Waals surface area contributed by atoms with Crippen molar-refractivity contribution in [2.75, 3.05) is 5.32 Å². The highest BCUT2D eigenvalue weighted by molar-refractivity contribution is 9.10. The summed E-state index contributed by atoms with van der Waals surface area (Å²) in [5.41, 5.74) is 1.79. The molecule has 0 saturated heterocycles. The normalized spacial score (nSPS) is 10.8. The number of para-hydroxylation sites is 1. The Labute approximate surface area is 193 Å². The van der Waals surface area contributed by atoms with Gasteiger partial charge in [-0.2, -0.15) is 5.26 Å². The van der Waals surface area contributed by atoms with E-state index in [2.05, 4.69) is 21.2 Å². The van der Waals surface area contributed by atoms with Crippen LogP contribution in [0.5, 0.6) is 5.75 Å². The molecule has 5 nitrogen and oxygen atoms in total. The highest BCUT2D eigenvalue weighted by Gasteiger charge is 2.16. The van der Waals surface area contributed by atoms with Crippen LogP contribution >= 0.6 is 27.5 Å². The van der Waals surface area contributed by atoms with Gasteiger partial charge in [-0.3, -0.25) is 4.79 Å². The standard InChI is InChI=1S/C24H16BrClN2O3/c1-15-6-5-9-20(26)22(15)28-23(29)18(14-27)12-17-13-19(25)10-11-21(17)31-24(30)16-7-3-2-4-8-16/h2-13H,1H3,(H,28,29)/b18-12+. The number of nitrogens with one attached hydrogen (secondary N) is 1. The van der Waals surface area contributed by atoms with E-state index in [9.17, 15) is 14.9 Å². The molecular formula is C24H16BrClN2O3. The molecule has 3 aromatic rings. The molecule has 0 spiro atoms. The summed E-state index contributed by atoms with van der Waals surface area (Å²) in [6.45, 7) is 1.80. The van der Waals surface area contributed by atoms with Crippen LogP contribution in [-0.4, -0.2) is 11.9 Å². The second-order valence-electron chi connectivity index (χ2n) is 6.49. The smallest absolute Gasteiger partial charge is 0.343 e. The lowest BCUT2D eigenvalue weighted by Crippen LogP contribution is -2.15. The minimum Gasteiger partial charge on any atom is -0.422 e. The fourth-order valence-electron chi connectivity index (χ4n) is 2.73. The molecule has 3 aromatic carbocycles. The quantitative estimate of drug-likeness (QED) is 0.198. The number of benzene rings is 3. The molecule has 0 atom stereocenters. The van der Waals surface area contributed by atoms with Crippen molar-refractivity contribution in [3.05, 3.63) is 98.5 Å². The summed E-state index contributed by atoms with van der Waals surface area (Å²) >= 11 is 9.52. The third-order valence-corrected chi connectivity index (χ3v) is 5.12. The molecule has 154 valence electrons. The molecule has 0 aliphatic carbocycles. The molecule has 1 N–H and O–H groups in total. The molecule has 0 aliphatic heterocycles. The number of carbonyl (C=O) groups excluding carboxylic acids is 2. The van der Waals surface area contributed by atoms with Crippen molar-refractivity contribution in [1.82, 2.24) is 0 Å². The number of halogens is 2. The number of nitriles is 1. The maximum absolute atomic E-state index is 12.7. The average molecular weight is 496 g/mol. The highest BCUT2D eigenvalue weighted by Crippen LogP contribution is 2.28. The summed E-state index contributed by atoms with van der Waals surface area (Å²) in [7, 11) is 0. The van der Waals surface area contributed by atoms with E-state index < -0.39 is 11.9 Å². The Kier molecular flexibility index (Phi) is 7.24. The minimum atomic E-state index is -0.626. The Hall–Kier alpha value is -3.40. The van der Waals surface area contributed by atoms with Crippen molar-refractivity contribution in [2.24, 2.45) is 0 Å². The summed E-state index contributed by atoms with van der Waals surface area (Å²) in [5.74, 6) is -0.960.